The Morgan fingerprint density at radius 3 is 2.95 bits per heavy atom. The fourth-order valence-corrected chi connectivity index (χ4v) is 2.18. The Kier molecular flexibility index (Phi) is 3.45. The number of hydrogen-bond donors (Lipinski definition) is 2. The largest absolute Gasteiger partial charge is 0.341 e. The van der Waals surface area contributed by atoms with Crippen molar-refractivity contribution in [1.82, 2.24) is 19.5 Å². The predicted octanol–water partition coefficient (Wildman–Crippen LogP) is 2.72. The van der Waals surface area contributed by atoms with E-state index in [9.17, 15) is 4.79 Å². The number of halogens is 1. The molecule has 0 spiro atoms. The Bertz CT molecular complexity index is 779. The van der Waals surface area contributed by atoms with Crippen LogP contribution in [-0.2, 0) is 7.05 Å². The highest BCUT2D eigenvalue weighted by Crippen LogP contribution is 2.24. The topological polar surface area (TPSA) is 75.6 Å². The van der Waals surface area contributed by atoms with E-state index >= 15 is 0 Å². The number of carbonyl (C=O) groups is 1. The molecule has 0 aliphatic heterocycles. The molecule has 2 heterocycles. The monoisotopic (exact) mass is 301 g/mol. The number of benzene rings is 1. The molecule has 106 valence electrons. The van der Waals surface area contributed by atoms with Gasteiger partial charge in [0.2, 0.25) is 5.95 Å². The summed E-state index contributed by atoms with van der Waals surface area (Å²) in [7, 11) is 1.82. The molecule has 0 aliphatic rings. The molecule has 3 rings (SSSR count). The van der Waals surface area contributed by atoms with Crippen LogP contribution in [-0.4, -0.2) is 25.4 Å². The molecule has 2 aromatic heterocycles. The van der Waals surface area contributed by atoms with Crippen LogP contribution in [0.25, 0.3) is 11.3 Å². The van der Waals surface area contributed by atoms with Gasteiger partial charge >= 0.3 is 0 Å². The highest BCUT2D eigenvalue weighted by Gasteiger charge is 2.14. The van der Waals surface area contributed by atoms with Gasteiger partial charge in [-0.25, -0.2) is 9.97 Å². The summed E-state index contributed by atoms with van der Waals surface area (Å²) in [6, 6.07) is 7.45. The SMILES string of the molecule is Cn1c(-c2cccc(Cl)c2)cnc1NC(=O)c1ncc[nH]1. The fourth-order valence-electron chi connectivity index (χ4n) is 1.99. The molecule has 3 aromatic rings. The number of nitrogens with one attached hydrogen (secondary N) is 2. The number of nitrogens with zero attached hydrogens (tertiary/aromatic N) is 3. The number of carbonyl (C=O) groups excluding carboxylic acids is 1. The number of anilines is 1. The van der Waals surface area contributed by atoms with E-state index in [1.54, 1.807) is 23.0 Å². The van der Waals surface area contributed by atoms with Crippen LogP contribution >= 0.6 is 11.6 Å². The highest BCUT2D eigenvalue weighted by molar-refractivity contribution is 6.30. The van der Waals surface area contributed by atoms with Gasteiger partial charge in [-0.05, 0) is 12.1 Å². The summed E-state index contributed by atoms with van der Waals surface area (Å²) >= 11 is 5.99. The second-order valence-electron chi connectivity index (χ2n) is 4.43. The molecule has 0 unspecified atom stereocenters. The van der Waals surface area contributed by atoms with Crippen LogP contribution in [0.1, 0.15) is 10.6 Å². The summed E-state index contributed by atoms with van der Waals surface area (Å²) in [5.41, 5.74) is 1.78. The Morgan fingerprint density at radius 1 is 1.38 bits per heavy atom. The number of aromatic nitrogens is 4. The van der Waals surface area contributed by atoms with Crippen molar-refractivity contribution >= 4 is 23.5 Å². The molecule has 0 bridgehead atoms. The molecule has 0 saturated heterocycles. The van der Waals surface area contributed by atoms with E-state index in [-0.39, 0.29) is 11.7 Å². The van der Waals surface area contributed by atoms with E-state index < -0.39 is 0 Å². The average Bonchev–Trinajstić information content (AvgIpc) is 3.10. The normalized spacial score (nSPS) is 10.6. The maximum Gasteiger partial charge on any atom is 0.293 e. The molecular weight excluding hydrogens is 290 g/mol. The molecule has 0 fully saturated rings. The number of imidazole rings is 2. The smallest absolute Gasteiger partial charge is 0.293 e. The van der Waals surface area contributed by atoms with Gasteiger partial charge in [-0.3, -0.25) is 10.1 Å². The maximum absolute atomic E-state index is 11.9. The molecule has 1 aromatic carbocycles. The Morgan fingerprint density at radius 2 is 2.24 bits per heavy atom. The van der Waals surface area contributed by atoms with Crippen molar-refractivity contribution in [2.45, 2.75) is 0 Å². The molecule has 21 heavy (non-hydrogen) atoms. The van der Waals surface area contributed by atoms with Crippen molar-refractivity contribution in [1.29, 1.82) is 0 Å². The molecule has 2 N–H and O–H groups in total. The quantitative estimate of drug-likeness (QED) is 0.781. The number of amides is 1. The minimum absolute atomic E-state index is 0.238. The summed E-state index contributed by atoms with van der Waals surface area (Å²) in [4.78, 5) is 22.8. The minimum atomic E-state index is -0.341. The zero-order valence-electron chi connectivity index (χ0n) is 11.2. The molecule has 0 radical (unpaired) electrons. The van der Waals surface area contributed by atoms with Crippen molar-refractivity contribution in [2.24, 2.45) is 7.05 Å². The number of hydrogen-bond acceptors (Lipinski definition) is 3. The Balaban J connectivity index is 1.88. The van der Waals surface area contributed by atoms with Gasteiger partial charge in [-0.15, -0.1) is 0 Å². The first-order valence-electron chi connectivity index (χ1n) is 6.23. The summed E-state index contributed by atoms with van der Waals surface area (Å²) < 4.78 is 1.78. The second kappa shape index (κ2) is 5.41. The highest BCUT2D eigenvalue weighted by atomic mass is 35.5. The van der Waals surface area contributed by atoms with Crippen LogP contribution in [0.4, 0.5) is 5.95 Å². The van der Waals surface area contributed by atoms with Crippen molar-refractivity contribution in [3.8, 4) is 11.3 Å². The zero-order valence-corrected chi connectivity index (χ0v) is 11.9. The summed E-state index contributed by atoms with van der Waals surface area (Å²) in [6.45, 7) is 0. The van der Waals surface area contributed by atoms with Gasteiger partial charge in [0.25, 0.3) is 5.91 Å². The van der Waals surface area contributed by atoms with Crippen molar-refractivity contribution in [2.75, 3.05) is 5.32 Å². The maximum atomic E-state index is 11.9. The lowest BCUT2D eigenvalue weighted by molar-refractivity contribution is 0.101. The Labute approximate surface area is 125 Å². The van der Waals surface area contributed by atoms with E-state index in [2.05, 4.69) is 20.3 Å². The third-order valence-corrected chi connectivity index (χ3v) is 3.28. The fraction of sp³-hybridized carbons (Fsp3) is 0.0714. The summed E-state index contributed by atoms with van der Waals surface area (Å²) in [5, 5.41) is 3.35. The van der Waals surface area contributed by atoms with Crippen molar-refractivity contribution < 1.29 is 4.79 Å². The van der Waals surface area contributed by atoms with E-state index in [0.717, 1.165) is 11.3 Å². The van der Waals surface area contributed by atoms with Gasteiger partial charge in [-0.1, -0.05) is 23.7 Å². The lowest BCUT2D eigenvalue weighted by atomic mass is 10.2. The first-order chi connectivity index (χ1) is 10.1. The van der Waals surface area contributed by atoms with E-state index in [1.165, 1.54) is 6.20 Å². The van der Waals surface area contributed by atoms with Crippen molar-refractivity contribution in [3.63, 3.8) is 0 Å². The third-order valence-electron chi connectivity index (χ3n) is 3.05. The van der Waals surface area contributed by atoms with E-state index in [0.29, 0.717) is 11.0 Å². The van der Waals surface area contributed by atoms with E-state index in [1.807, 2.05) is 25.2 Å². The molecule has 0 atom stereocenters. The average molecular weight is 302 g/mol. The van der Waals surface area contributed by atoms with Gasteiger partial charge in [0.05, 0.1) is 11.9 Å². The van der Waals surface area contributed by atoms with Crippen LogP contribution in [0.15, 0.2) is 42.9 Å². The molecule has 0 aliphatic carbocycles. The minimum Gasteiger partial charge on any atom is -0.341 e. The van der Waals surface area contributed by atoms with Gasteiger partial charge < -0.3 is 9.55 Å². The summed E-state index contributed by atoms with van der Waals surface area (Å²) in [5.74, 6) is 0.333. The van der Waals surface area contributed by atoms with Crippen LogP contribution < -0.4 is 5.32 Å². The standard InChI is InChI=1S/C14H12ClN5O/c1-20-11(9-3-2-4-10(15)7-9)8-18-14(20)19-13(21)12-16-5-6-17-12/h2-8H,1H3,(H,16,17)(H,18,19,21). The second-order valence-corrected chi connectivity index (χ2v) is 4.86. The van der Waals surface area contributed by atoms with Gasteiger partial charge in [0.15, 0.2) is 5.82 Å². The van der Waals surface area contributed by atoms with Crippen LogP contribution in [0, 0.1) is 0 Å². The van der Waals surface area contributed by atoms with Crippen LogP contribution in [0.3, 0.4) is 0 Å². The predicted molar refractivity (Wildman–Crippen MR) is 80.2 cm³/mol. The molecule has 7 heteroatoms. The lowest BCUT2D eigenvalue weighted by Gasteiger charge is -2.07. The lowest BCUT2D eigenvalue weighted by Crippen LogP contribution is -2.16. The first kappa shape index (κ1) is 13.4. The third kappa shape index (κ3) is 2.66. The van der Waals surface area contributed by atoms with Gasteiger partial charge in [0.1, 0.15) is 0 Å². The molecular formula is C14H12ClN5O. The molecule has 0 saturated carbocycles. The molecule has 1 amide bonds. The van der Waals surface area contributed by atoms with Crippen molar-refractivity contribution in [3.05, 3.63) is 53.7 Å². The summed E-state index contributed by atoms with van der Waals surface area (Å²) in [6.07, 6.45) is 4.79. The van der Waals surface area contributed by atoms with Gasteiger partial charge in [-0.2, -0.15) is 0 Å². The Hall–Kier alpha value is -2.60. The number of aromatic amines is 1. The number of rotatable bonds is 3. The number of H-pyrrole nitrogens is 1. The van der Waals surface area contributed by atoms with Crippen LogP contribution in [0.2, 0.25) is 5.02 Å². The zero-order chi connectivity index (χ0) is 14.8. The van der Waals surface area contributed by atoms with E-state index in [4.69, 9.17) is 11.6 Å². The van der Waals surface area contributed by atoms with Gasteiger partial charge in [0, 0.05) is 30.0 Å². The first-order valence-corrected chi connectivity index (χ1v) is 6.61. The molecule has 6 nitrogen and oxygen atoms in total. The van der Waals surface area contributed by atoms with Crippen LogP contribution in [0.5, 0.6) is 0 Å².